The Labute approximate surface area is 134 Å². The zero-order chi connectivity index (χ0) is 15.4. The van der Waals surface area contributed by atoms with Crippen LogP contribution in [0.2, 0.25) is 0 Å². The van der Waals surface area contributed by atoms with Gasteiger partial charge in [-0.3, -0.25) is 4.57 Å². The Morgan fingerprint density at radius 2 is 1.86 bits per heavy atom. The Morgan fingerprint density at radius 3 is 2.59 bits per heavy atom. The van der Waals surface area contributed by atoms with Gasteiger partial charge in [-0.1, -0.05) is 40.2 Å². The molecule has 0 saturated carbocycles. The van der Waals surface area contributed by atoms with Crippen molar-refractivity contribution in [3.05, 3.63) is 57.0 Å². The molecule has 0 radical (unpaired) electrons. The number of aromatic hydroxyl groups is 1. The van der Waals surface area contributed by atoms with E-state index >= 15 is 0 Å². The van der Waals surface area contributed by atoms with Crippen LogP contribution in [0, 0.1) is 0 Å². The predicted octanol–water partition coefficient (Wildman–Crippen LogP) is 2.70. The van der Waals surface area contributed by atoms with Gasteiger partial charge < -0.3 is 10.2 Å². The maximum Gasteiger partial charge on any atom is 0.336 e. The zero-order valence-corrected chi connectivity index (χ0v) is 13.1. The molecule has 1 aliphatic heterocycles. The average molecular weight is 361 g/mol. The van der Waals surface area contributed by atoms with Crippen LogP contribution in [0.4, 0.5) is 0 Å². The molecule has 0 aliphatic carbocycles. The smallest absolute Gasteiger partial charge is 0.336 e. The average Bonchev–Trinajstić information content (AvgIpc) is 3.02. The number of imidazole rings is 1. The van der Waals surface area contributed by atoms with Crippen molar-refractivity contribution in [2.75, 3.05) is 0 Å². The molecule has 0 bridgehead atoms. The Bertz CT molecular complexity index is 958. The molecule has 0 amide bonds. The van der Waals surface area contributed by atoms with Crippen LogP contribution in [-0.2, 0) is 6.54 Å². The molecule has 22 heavy (non-hydrogen) atoms. The lowest BCUT2D eigenvalue weighted by Gasteiger charge is -2.10. The van der Waals surface area contributed by atoms with Crippen LogP contribution in [-0.4, -0.2) is 19.3 Å². The van der Waals surface area contributed by atoms with E-state index in [1.54, 1.807) is 6.07 Å². The van der Waals surface area contributed by atoms with E-state index in [4.69, 9.17) is 0 Å². The molecule has 0 fully saturated rings. The first kappa shape index (κ1) is 13.6. The molecule has 5 nitrogen and oxygen atoms in total. The number of aromatic nitrogens is 2. The van der Waals surface area contributed by atoms with E-state index in [0.29, 0.717) is 24.3 Å². The number of aliphatic hydroxyl groups is 1. The molecule has 2 heterocycles. The van der Waals surface area contributed by atoms with Gasteiger partial charge in [0.15, 0.2) is 0 Å². The molecule has 6 heteroatoms. The van der Waals surface area contributed by atoms with Gasteiger partial charge in [0.05, 0.1) is 5.69 Å². The number of rotatable bonds is 1. The summed E-state index contributed by atoms with van der Waals surface area (Å²) in [5, 5.41) is 22.2. The van der Waals surface area contributed by atoms with E-state index in [0.717, 1.165) is 15.2 Å². The topological polar surface area (TPSA) is 67.4 Å². The van der Waals surface area contributed by atoms with Crippen LogP contribution in [0.5, 0.6) is 5.88 Å². The summed E-state index contributed by atoms with van der Waals surface area (Å²) in [6, 6.07) is 11.3. The van der Waals surface area contributed by atoms with Crippen LogP contribution in [0.1, 0.15) is 18.2 Å². The van der Waals surface area contributed by atoms with Gasteiger partial charge in [0.1, 0.15) is 11.8 Å². The van der Waals surface area contributed by atoms with Gasteiger partial charge in [-0.2, -0.15) is 0 Å². The first-order valence-electron chi connectivity index (χ1n) is 6.99. The van der Waals surface area contributed by atoms with Crippen molar-refractivity contribution in [1.29, 1.82) is 0 Å². The maximum absolute atomic E-state index is 12.6. The van der Waals surface area contributed by atoms with Crippen LogP contribution < -0.4 is 5.69 Å². The third kappa shape index (κ3) is 1.71. The minimum Gasteiger partial charge on any atom is -0.493 e. The number of nitrogens with zero attached hydrogens (tertiary/aromatic N) is 2. The molecule has 4 rings (SSSR count). The molecular weight excluding hydrogens is 348 g/mol. The first-order chi connectivity index (χ1) is 10.6. The fourth-order valence-electron chi connectivity index (χ4n) is 3.14. The minimum atomic E-state index is -0.796. The fraction of sp³-hybridized carbons (Fsp3) is 0.188. The summed E-state index contributed by atoms with van der Waals surface area (Å²) in [5.41, 5.74) is 0.587. The predicted molar refractivity (Wildman–Crippen MR) is 86.5 cm³/mol. The highest BCUT2D eigenvalue weighted by Gasteiger charge is 2.31. The van der Waals surface area contributed by atoms with Crippen molar-refractivity contribution in [2.24, 2.45) is 0 Å². The summed E-state index contributed by atoms with van der Waals surface area (Å²) in [7, 11) is 0. The van der Waals surface area contributed by atoms with Gasteiger partial charge in [-0.15, -0.1) is 0 Å². The molecule has 1 atom stereocenters. The van der Waals surface area contributed by atoms with Gasteiger partial charge in [0.2, 0.25) is 5.88 Å². The molecule has 2 N–H and O–H groups in total. The Morgan fingerprint density at radius 1 is 1.14 bits per heavy atom. The SMILES string of the molecule is O=c1n2c(c(O)n1-c1ccc(Br)c3ccccc13)[C@@H](O)CC2. The number of fused-ring (bicyclic) bond motifs is 2. The molecule has 0 spiro atoms. The largest absolute Gasteiger partial charge is 0.493 e. The standard InChI is InChI=1S/C16H13BrN2O3/c17-11-5-6-12(10-4-2-1-3-9(10)11)19-15(21)14-13(20)7-8-18(14)16(19)22/h1-6,13,20-21H,7-8H2/t13-/m0/s1. The van der Waals surface area contributed by atoms with Crippen LogP contribution >= 0.6 is 15.9 Å². The molecule has 1 aromatic heterocycles. The van der Waals surface area contributed by atoms with E-state index < -0.39 is 6.10 Å². The number of aliphatic hydroxyl groups excluding tert-OH is 1. The van der Waals surface area contributed by atoms with Crippen molar-refractivity contribution in [1.82, 2.24) is 9.13 Å². The van der Waals surface area contributed by atoms with E-state index in [1.165, 1.54) is 9.13 Å². The third-order valence-electron chi connectivity index (χ3n) is 4.18. The summed E-state index contributed by atoms with van der Waals surface area (Å²) in [4.78, 5) is 12.6. The third-order valence-corrected chi connectivity index (χ3v) is 4.88. The van der Waals surface area contributed by atoms with Crippen molar-refractivity contribution in [3.8, 4) is 11.6 Å². The molecule has 2 aromatic carbocycles. The van der Waals surface area contributed by atoms with Crippen molar-refractivity contribution < 1.29 is 10.2 Å². The van der Waals surface area contributed by atoms with Crippen LogP contribution in [0.3, 0.4) is 0 Å². The highest BCUT2D eigenvalue weighted by Crippen LogP contribution is 2.35. The fourth-order valence-corrected chi connectivity index (χ4v) is 3.62. The van der Waals surface area contributed by atoms with Crippen LogP contribution in [0.25, 0.3) is 16.5 Å². The summed E-state index contributed by atoms with van der Waals surface area (Å²) in [6.45, 7) is 0.421. The minimum absolute atomic E-state index is 0.178. The van der Waals surface area contributed by atoms with Gasteiger partial charge in [0, 0.05) is 16.4 Å². The number of hydrogen-bond donors (Lipinski definition) is 2. The van der Waals surface area contributed by atoms with Crippen molar-refractivity contribution >= 4 is 26.7 Å². The monoisotopic (exact) mass is 360 g/mol. The van der Waals surface area contributed by atoms with E-state index in [1.807, 2.05) is 30.3 Å². The van der Waals surface area contributed by atoms with Gasteiger partial charge >= 0.3 is 5.69 Å². The quantitative estimate of drug-likeness (QED) is 0.700. The molecule has 0 unspecified atom stereocenters. The number of hydrogen-bond acceptors (Lipinski definition) is 3. The van der Waals surface area contributed by atoms with Gasteiger partial charge in [0.25, 0.3) is 0 Å². The van der Waals surface area contributed by atoms with Crippen molar-refractivity contribution in [3.63, 3.8) is 0 Å². The van der Waals surface area contributed by atoms with Gasteiger partial charge in [-0.05, 0) is 23.9 Å². The van der Waals surface area contributed by atoms with E-state index in [9.17, 15) is 15.0 Å². The molecule has 0 saturated heterocycles. The second-order valence-electron chi connectivity index (χ2n) is 5.40. The number of halogens is 1. The van der Waals surface area contributed by atoms with Crippen LogP contribution in [0.15, 0.2) is 45.7 Å². The molecular formula is C16H13BrN2O3. The lowest BCUT2D eigenvalue weighted by Crippen LogP contribution is -2.22. The Kier molecular flexibility index (Phi) is 2.92. The molecule has 3 aromatic rings. The Hall–Kier alpha value is -2.05. The summed E-state index contributed by atoms with van der Waals surface area (Å²) < 4.78 is 3.63. The summed E-state index contributed by atoms with van der Waals surface area (Å²) in [5.74, 6) is -0.178. The van der Waals surface area contributed by atoms with Gasteiger partial charge in [-0.25, -0.2) is 9.36 Å². The molecule has 1 aliphatic rings. The van der Waals surface area contributed by atoms with E-state index in [2.05, 4.69) is 15.9 Å². The first-order valence-corrected chi connectivity index (χ1v) is 7.79. The number of benzene rings is 2. The van der Waals surface area contributed by atoms with E-state index in [-0.39, 0.29) is 11.6 Å². The highest BCUT2D eigenvalue weighted by molar-refractivity contribution is 9.10. The Balaban J connectivity index is 2.08. The molecule has 112 valence electrons. The lowest BCUT2D eigenvalue weighted by atomic mass is 10.1. The summed E-state index contributed by atoms with van der Waals surface area (Å²) >= 11 is 3.50. The summed E-state index contributed by atoms with van der Waals surface area (Å²) in [6.07, 6.45) is -0.337. The normalized spacial score (nSPS) is 17.1. The lowest BCUT2D eigenvalue weighted by molar-refractivity contribution is 0.175. The van der Waals surface area contributed by atoms with Crippen molar-refractivity contribution in [2.45, 2.75) is 19.1 Å². The zero-order valence-electron chi connectivity index (χ0n) is 11.5. The maximum atomic E-state index is 12.6. The highest BCUT2D eigenvalue weighted by atomic mass is 79.9. The second kappa shape index (κ2) is 4.72. The second-order valence-corrected chi connectivity index (χ2v) is 6.25.